The molecule has 0 unspecified atom stereocenters. The van der Waals surface area contributed by atoms with Crippen LogP contribution in [0.5, 0.6) is 0 Å². The van der Waals surface area contributed by atoms with Crippen LogP contribution in [0.3, 0.4) is 0 Å². The third-order valence-corrected chi connectivity index (χ3v) is 3.38. The van der Waals surface area contributed by atoms with E-state index in [1.54, 1.807) is 12.1 Å². The monoisotopic (exact) mass is 295 g/mol. The predicted octanol–water partition coefficient (Wildman–Crippen LogP) is 4.39. The smallest absolute Gasteiger partial charge is 0.0694 e. The van der Waals surface area contributed by atoms with Gasteiger partial charge in [-0.25, -0.2) is 0 Å². The Kier molecular flexibility index (Phi) is 4.08. The van der Waals surface area contributed by atoms with Crippen molar-refractivity contribution in [1.82, 2.24) is 0 Å². The van der Waals surface area contributed by atoms with Crippen LogP contribution in [0.1, 0.15) is 0 Å². The Morgan fingerprint density at radius 2 is 1.47 bits per heavy atom. The second kappa shape index (κ2) is 5.59. The van der Waals surface area contributed by atoms with Gasteiger partial charge in [-0.05, 0) is 36.4 Å². The van der Waals surface area contributed by atoms with Crippen molar-refractivity contribution in [1.29, 1.82) is 0 Å². The fraction of sp³-hybridized carbons (Fsp3) is 0.143. The molecule has 0 saturated heterocycles. The number of anilines is 4. The molecule has 0 heterocycles. The first-order valence-electron chi connectivity index (χ1n) is 5.76. The Bertz CT molecular complexity index is 557. The van der Waals surface area contributed by atoms with Gasteiger partial charge in [-0.2, -0.15) is 0 Å². The van der Waals surface area contributed by atoms with Crippen molar-refractivity contribution in [3.05, 3.63) is 46.4 Å². The van der Waals surface area contributed by atoms with Gasteiger partial charge in [-0.3, -0.25) is 0 Å². The first-order valence-corrected chi connectivity index (χ1v) is 6.52. The molecule has 19 heavy (non-hydrogen) atoms. The number of nitrogens with zero attached hydrogens (tertiary/aromatic N) is 1. The van der Waals surface area contributed by atoms with E-state index >= 15 is 0 Å². The molecule has 0 aliphatic carbocycles. The van der Waals surface area contributed by atoms with Crippen LogP contribution >= 0.6 is 23.2 Å². The summed E-state index contributed by atoms with van der Waals surface area (Å²) < 4.78 is 0. The van der Waals surface area contributed by atoms with Gasteiger partial charge in [0.25, 0.3) is 0 Å². The Balaban J connectivity index is 2.21. The molecule has 0 spiro atoms. The molecular formula is C14H15Cl2N3. The van der Waals surface area contributed by atoms with E-state index in [-0.39, 0.29) is 0 Å². The molecule has 2 rings (SSSR count). The average Bonchev–Trinajstić information content (AvgIpc) is 2.36. The average molecular weight is 296 g/mol. The van der Waals surface area contributed by atoms with Crippen molar-refractivity contribution in [2.75, 3.05) is 30.0 Å². The highest BCUT2D eigenvalue weighted by molar-refractivity contribution is 6.39. The molecule has 0 aliphatic rings. The van der Waals surface area contributed by atoms with Crippen LogP contribution in [-0.2, 0) is 0 Å². The molecule has 3 nitrogen and oxygen atoms in total. The second-order valence-electron chi connectivity index (χ2n) is 4.42. The molecular weight excluding hydrogens is 281 g/mol. The van der Waals surface area contributed by atoms with E-state index in [1.807, 2.05) is 43.3 Å². The Morgan fingerprint density at radius 3 is 1.95 bits per heavy atom. The molecule has 5 heteroatoms. The van der Waals surface area contributed by atoms with E-state index in [1.165, 1.54) is 0 Å². The van der Waals surface area contributed by atoms with Crippen molar-refractivity contribution in [2.24, 2.45) is 0 Å². The highest BCUT2D eigenvalue weighted by Gasteiger charge is 2.05. The minimum absolute atomic E-state index is 0.400. The maximum absolute atomic E-state index is 6.00. The van der Waals surface area contributed by atoms with Gasteiger partial charge in [0, 0.05) is 31.2 Å². The normalized spacial score (nSPS) is 10.3. The maximum atomic E-state index is 6.00. The molecule has 0 aliphatic heterocycles. The summed E-state index contributed by atoms with van der Waals surface area (Å²) in [7, 11) is 4.00. The standard InChI is InChI=1S/C14H15Cl2N3/c1-19(2)11-5-3-9(4-6-11)18-10-7-12(15)14(17)13(16)8-10/h3-8,18H,17H2,1-2H3. The zero-order chi connectivity index (χ0) is 14.0. The van der Waals surface area contributed by atoms with Crippen molar-refractivity contribution >= 4 is 46.0 Å². The number of nitrogens with two attached hydrogens (primary N) is 1. The summed E-state index contributed by atoms with van der Waals surface area (Å²) in [5.41, 5.74) is 9.01. The van der Waals surface area contributed by atoms with Crippen LogP contribution in [0.2, 0.25) is 10.0 Å². The van der Waals surface area contributed by atoms with E-state index in [0.717, 1.165) is 17.1 Å². The topological polar surface area (TPSA) is 41.3 Å². The van der Waals surface area contributed by atoms with Gasteiger partial charge in [0.2, 0.25) is 0 Å². The molecule has 3 N–H and O–H groups in total. The first-order chi connectivity index (χ1) is 8.97. The summed E-state index contributed by atoms with van der Waals surface area (Å²) >= 11 is 12.0. The molecule has 0 aromatic heterocycles. The predicted molar refractivity (Wildman–Crippen MR) is 84.9 cm³/mol. The van der Waals surface area contributed by atoms with Gasteiger partial charge in [-0.1, -0.05) is 23.2 Å². The molecule has 0 saturated carbocycles. The number of hydrogen-bond donors (Lipinski definition) is 2. The number of benzene rings is 2. The molecule has 100 valence electrons. The third-order valence-electron chi connectivity index (χ3n) is 2.75. The second-order valence-corrected chi connectivity index (χ2v) is 5.23. The van der Waals surface area contributed by atoms with E-state index < -0.39 is 0 Å². The molecule has 0 bridgehead atoms. The van der Waals surface area contributed by atoms with Crippen molar-refractivity contribution in [2.45, 2.75) is 0 Å². The Morgan fingerprint density at radius 1 is 0.947 bits per heavy atom. The highest BCUT2D eigenvalue weighted by Crippen LogP contribution is 2.32. The van der Waals surface area contributed by atoms with Gasteiger partial charge in [0.05, 0.1) is 15.7 Å². The quantitative estimate of drug-likeness (QED) is 0.826. The summed E-state index contributed by atoms with van der Waals surface area (Å²) in [6.45, 7) is 0. The number of hydrogen-bond acceptors (Lipinski definition) is 3. The van der Waals surface area contributed by atoms with E-state index in [0.29, 0.717) is 15.7 Å². The SMILES string of the molecule is CN(C)c1ccc(Nc2cc(Cl)c(N)c(Cl)c2)cc1. The van der Waals surface area contributed by atoms with E-state index in [4.69, 9.17) is 28.9 Å². The summed E-state index contributed by atoms with van der Waals surface area (Å²) in [5.74, 6) is 0. The Labute approximate surface area is 122 Å². The fourth-order valence-electron chi connectivity index (χ4n) is 1.67. The molecule has 2 aromatic carbocycles. The highest BCUT2D eigenvalue weighted by atomic mass is 35.5. The van der Waals surface area contributed by atoms with Gasteiger partial charge in [0.15, 0.2) is 0 Å². The van der Waals surface area contributed by atoms with Crippen LogP contribution < -0.4 is 16.0 Å². The number of rotatable bonds is 3. The minimum Gasteiger partial charge on any atom is -0.396 e. The minimum atomic E-state index is 0.400. The summed E-state index contributed by atoms with van der Waals surface area (Å²) in [6, 6.07) is 11.6. The van der Waals surface area contributed by atoms with E-state index in [9.17, 15) is 0 Å². The van der Waals surface area contributed by atoms with E-state index in [2.05, 4.69) is 5.32 Å². The van der Waals surface area contributed by atoms with Crippen LogP contribution in [-0.4, -0.2) is 14.1 Å². The number of nitrogen functional groups attached to an aromatic ring is 1. The summed E-state index contributed by atoms with van der Waals surface area (Å²) in [6.07, 6.45) is 0. The molecule has 0 radical (unpaired) electrons. The summed E-state index contributed by atoms with van der Waals surface area (Å²) in [4.78, 5) is 2.04. The number of halogens is 2. The molecule has 0 fully saturated rings. The third kappa shape index (κ3) is 3.25. The maximum Gasteiger partial charge on any atom is 0.0694 e. The number of nitrogens with one attached hydrogen (secondary N) is 1. The largest absolute Gasteiger partial charge is 0.396 e. The summed E-state index contributed by atoms with van der Waals surface area (Å²) in [5, 5.41) is 4.12. The lowest BCUT2D eigenvalue weighted by Gasteiger charge is -2.14. The Hall–Kier alpha value is -1.58. The molecule has 0 atom stereocenters. The van der Waals surface area contributed by atoms with Crippen LogP contribution in [0.25, 0.3) is 0 Å². The fourth-order valence-corrected chi connectivity index (χ4v) is 2.15. The molecule has 2 aromatic rings. The van der Waals surface area contributed by atoms with Crippen LogP contribution in [0, 0.1) is 0 Å². The van der Waals surface area contributed by atoms with Crippen molar-refractivity contribution in [3.63, 3.8) is 0 Å². The van der Waals surface area contributed by atoms with Crippen LogP contribution in [0.15, 0.2) is 36.4 Å². The van der Waals surface area contributed by atoms with Crippen molar-refractivity contribution < 1.29 is 0 Å². The lowest BCUT2D eigenvalue weighted by molar-refractivity contribution is 1.13. The lowest BCUT2D eigenvalue weighted by Crippen LogP contribution is -2.08. The molecule has 0 amide bonds. The zero-order valence-corrected chi connectivity index (χ0v) is 12.3. The van der Waals surface area contributed by atoms with Gasteiger partial charge < -0.3 is 16.0 Å². The van der Waals surface area contributed by atoms with Crippen LogP contribution in [0.4, 0.5) is 22.7 Å². The lowest BCUT2D eigenvalue weighted by atomic mass is 10.2. The van der Waals surface area contributed by atoms with Gasteiger partial charge in [0.1, 0.15) is 0 Å². The van der Waals surface area contributed by atoms with Crippen molar-refractivity contribution in [3.8, 4) is 0 Å². The van der Waals surface area contributed by atoms with Gasteiger partial charge in [-0.15, -0.1) is 0 Å². The first kappa shape index (κ1) is 13.8. The van der Waals surface area contributed by atoms with Gasteiger partial charge >= 0.3 is 0 Å². The zero-order valence-electron chi connectivity index (χ0n) is 10.7.